The van der Waals surface area contributed by atoms with E-state index in [-0.39, 0.29) is 17.8 Å². The summed E-state index contributed by atoms with van der Waals surface area (Å²) in [5, 5.41) is 0. The van der Waals surface area contributed by atoms with Crippen molar-refractivity contribution in [1.29, 1.82) is 0 Å². The lowest BCUT2D eigenvalue weighted by Crippen LogP contribution is -2.20. The van der Waals surface area contributed by atoms with E-state index in [1.165, 1.54) is 7.11 Å². The van der Waals surface area contributed by atoms with Gasteiger partial charge in [-0.2, -0.15) is 0 Å². The summed E-state index contributed by atoms with van der Waals surface area (Å²) in [7, 11) is 1.36. The molecule has 1 fully saturated rings. The topological polar surface area (TPSA) is 43.4 Å². The van der Waals surface area contributed by atoms with E-state index in [1.54, 1.807) is 0 Å². The van der Waals surface area contributed by atoms with Crippen molar-refractivity contribution in [2.45, 2.75) is 19.3 Å². The summed E-state index contributed by atoms with van der Waals surface area (Å²) >= 11 is 0. The van der Waals surface area contributed by atoms with Gasteiger partial charge in [0.05, 0.1) is 13.0 Å². The molecule has 1 rings (SSSR count). The van der Waals surface area contributed by atoms with Gasteiger partial charge in [0.2, 0.25) is 0 Å². The summed E-state index contributed by atoms with van der Waals surface area (Å²) in [6, 6.07) is 0. The van der Waals surface area contributed by atoms with E-state index in [1.807, 2.05) is 0 Å². The molecule has 0 saturated heterocycles. The first-order valence-electron chi connectivity index (χ1n) is 3.82. The van der Waals surface area contributed by atoms with Crippen molar-refractivity contribution in [2.75, 3.05) is 7.11 Å². The molecule has 2 unspecified atom stereocenters. The predicted octanol–water partition coefficient (Wildman–Crippen LogP) is 0.775. The standard InChI is InChI=1S/C8H12O3/c1-11-8(10)7-4-2-3-6(7)5-9/h5-7H,2-4H2,1H3. The summed E-state index contributed by atoms with van der Waals surface area (Å²) in [5.74, 6) is -0.500. The fourth-order valence-electron chi connectivity index (χ4n) is 1.60. The van der Waals surface area contributed by atoms with Gasteiger partial charge in [-0.15, -0.1) is 0 Å². The number of hydrogen-bond donors (Lipinski definition) is 0. The minimum absolute atomic E-state index is 0.0950. The molecule has 1 aliphatic rings. The maximum atomic E-state index is 11.0. The lowest BCUT2D eigenvalue weighted by molar-refractivity contribution is -0.147. The second-order valence-electron chi connectivity index (χ2n) is 2.86. The Morgan fingerprint density at radius 2 is 2.27 bits per heavy atom. The van der Waals surface area contributed by atoms with E-state index in [4.69, 9.17) is 0 Å². The van der Waals surface area contributed by atoms with Gasteiger partial charge in [0.15, 0.2) is 0 Å². The Balaban J connectivity index is 2.56. The third kappa shape index (κ3) is 1.59. The first-order valence-corrected chi connectivity index (χ1v) is 3.82. The highest BCUT2D eigenvalue weighted by Crippen LogP contribution is 2.30. The number of methoxy groups -OCH3 is 1. The van der Waals surface area contributed by atoms with Crippen LogP contribution in [0.3, 0.4) is 0 Å². The smallest absolute Gasteiger partial charge is 0.309 e. The van der Waals surface area contributed by atoms with Crippen LogP contribution in [-0.4, -0.2) is 19.4 Å². The van der Waals surface area contributed by atoms with Crippen LogP contribution in [0.25, 0.3) is 0 Å². The number of aldehydes is 1. The zero-order chi connectivity index (χ0) is 8.27. The van der Waals surface area contributed by atoms with Gasteiger partial charge < -0.3 is 9.53 Å². The second kappa shape index (κ2) is 3.51. The van der Waals surface area contributed by atoms with E-state index in [2.05, 4.69) is 4.74 Å². The van der Waals surface area contributed by atoms with E-state index in [0.717, 1.165) is 25.5 Å². The number of ether oxygens (including phenoxy) is 1. The molecule has 0 aromatic heterocycles. The number of hydrogen-bond acceptors (Lipinski definition) is 3. The Bertz CT molecular complexity index is 165. The zero-order valence-electron chi connectivity index (χ0n) is 6.58. The van der Waals surface area contributed by atoms with E-state index >= 15 is 0 Å². The summed E-state index contributed by atoms with van der Waals surface area (Å²) in [6.45, 7) is 0. The molecule has 0 heterocycles. The van der Waals surface area contributed by atoms with Crippen LogP contribution >= 0.6 is 0 Å². The Morgan fingerprint density at radius 3 is 2.82 bits per heavy atom. The molecule has 0 bridgehead atoms. The van der Waals surface area contributed by atoms with Crippen molar-refractivity contribution in [1.82, 2.24) is 0 Å². The molecule has 0 amide bonds. The first-order chi connectivity index (χ1) is 5.29. The highest BCUT2D eigenvalue weighted by atomic mass is 16.5. The molecule has 0 radical (unpaired) electrons. The van der Waals surface area contributed by atoms with Crippen LogP contribution in [0.1, 0.15) is 19.3 Å². The van der Waals surface area contributed by atoms with Crippen molar-refractivity contribution in [3.05, 3.63) is 0 Å². The summed E-state index contributed by atoms with van der Waals surface area (Å²) in [4.78, 5) is 21.4. The number of carbonyl (C=O) groups excluding carboxylic acids is 2. The Labute approximate surface area is 65.7 Å². The van der Waals surface area contributed by atoms with Crippen LogP contribution in [0.5, 0.6) is 0 Å². The minimum atomic E-state index is -0.236. The summed E-state index contributed by atoms with van der Waals surface area (Å²) in [5.41, 5.74) is 0. The molecular formula is C8H12O3. The molecular weight excluding hydrogens is 144 g/mol. The van der Waals surface area contributed by atoms with Crippen LogP contribution in [-0.2, 0) is 14.3 Å². The molecule has 0 aromatic rings. The number of carbonyl (C=O) groups is 2. The van der Waals surface area contributed by atoms with Crippen molar-refractivity contribution in [3.8, 4) is 0 Å². The van der Waals surface area contributed by atoms with Crippen LogP contribution in [0.15, 0.2) is 0 Å². The summed E-state index contributed by atoms with van der Waals surface area (Å²) < 4.78 is 4.57. The molecule has 2 atom stereocenters. The van der Waals surface area contributed by atoms with E-state index < -0.39 is 0 Å². The van der Waals surface area contributed by atoms with Crippen molar-refractivity contribution >= 4 is 12.3 Å². The van der Waals surface area contributed by atoms with Crippen molar-refractivity contribution in [2.24, 2.45) is 11.8 Å². The fourth-order valence-corrected chi connectivity index (χ4v) is 1.60. The molecule has 3 nitrogen and oxygen atoms in total. The van der Waals surface area contributed by atoms with Crippen LogP contribution in [0, 0.1) is 11.8 Å². The predicted molar refractivity (Wildman–Crippen MR) is 38.9 cm³/mol. The molecule has 0 aliphatic heterocycles. The van der Waals surface area contributed by atoms with Crippen molar-refractivity contribution in [3.63, 3.8) is 0 Å². The second-order valence-corrected chi connectivity index (χ2v) is 2.86. The molecule has 0 N–H and O–H groups in total. The Morgan fingerprint density at radius 1 is 1.55 bits per heavy atom. The lowest BCUT2D eigenvalue weighted by atomic mass is 9.98. The molecule has 0 spiro atoms. The minimum Gasteiger partial charge on any atom is -0.469 e. The van der Waals surface area contributed by atoms with E-state index in [0.29, 0.717) is 0 Å². The van der Waals surface area contributed by atoms with E-state index in [9.17, 15) is 9.59 Å². The monoisotopic (exact) mass is 156 g/mol. The summed E-state index contributed by atoms with van der Waals surface area (Å²) in [6.07, 6.45) is 3.47. The Kier molecular flexibility index (Phi) is 2.63. The van der Waals surface area contributed by atoms with Crippen LogP contribution in [0.4, 0.5) is 0 Å². The van der Waals surface area contributed by atoms with Gasteiger partial charge in [-0.3, -0.25) is 4.79 Å². The molecule has 1 aliphatic carbocycles. The van der Waals surface area contributed by atoms with Crippen LogP contribution < -0.4 is 0 Å². The maximum absolute atomic E-state index is 11.0. The van der Waals surface area contributed by atoms with Gasteiger partial charge in [-0.25, -0.2) is 0 Å². The zero-order valence-corrected chi connectivity index (χ0v) is 6.58. The van der Waals surface area contributed by atoms with Gasteiger partial charge in [-0.1, -0.05) is 6.42 Å². The highest BCUT2D eigenvalue weighted by molar-refractivity contribution is 5.77. The third-order valence-electron chi connectivity index (χ3n) is 2.25. The average Bonchev–Trinajstić information content (AvgIpc) is 2.50. The number of rotatable bonds is 2. The maximum Gasteiger partial charge on any atom is 0.309 e. The average molecular weight is 156 g/mol. The Hall–Kier alpha value is -0.860. The SMILES string of the molecule is COC(=O)C1CCCC1C=O. The lowest BCUT2D eigenvalue weighted by Gasteiger charge is -2.10. The largest absolute Gasteiger partial charge is 0.469 e. The molecule has 11 heavy (non-hydrogen) atoms. The molecule has 62 valence electrons. The van der Waals surface area contributed by atoms with Gasteiger partial charge in [0, 0.05) is 5.92 Å². The number of esters is 1. The van der Waals surface area contributed by atoms with Crippen molar-refractivity contribution < 1.29 is 14.3 Å². The normalized spacial score (nSPS) is 29.9. The van der Waals surface area contributed by atoms with Gasteiger partial charge >= 0.3 is 5.97 Å². The van der Waals surface area contributed by atoms with Gasteiger partial charge in [-0.05, 0) is 12.8 Å². The first kappa shape index (κ1) is 8.24. The highest BCUT2D eigenvalue weighted by Gasteiger charge is 2.33. The third-order valence-corrected chi connectivity index (χ3v) is 2.25. The van der Waals surface area contributed by atoms with Gasteiger partial charge in [0.1, 0.15) is 6.29 Å². The molecule has 1 saturated carbocycles. The van der Waals surface area contributed by atoms with Crippen LogP contribution in [0.2, 0.25) is 0 Å². The quantitative estimate of drug-likeness (QED) is 0.438. The molecule has 0 aromatic carbocycles. The molecule has 3 heteroatoms. The fraction of sp³-hybridized carbons (Fsp3) is 0.750. The van der Waals surface area contributed by atoms with Gasteiger partial charge in [0.25, 0.3) is 0 Å².